The van der Waals surface area contributed by atoms with Crippen LogP contribution in [0.15, 0.2) is 36.7 Å². The number of carbonyl (C=O) groups is 1. The van der Waals surface area contributed by atoms with E-state index < -0.39 is 0 Å². The van der Waals surface area contributed by atoms with Gasteiger partial charge in [-0.1, -0.05) is 17.7 Å². The monoisotopic (exact) mass is 381 g/mol. The van der Waals surface area contributed by atoms with Gasteiger partial charge in [-0.25, -0.2) is 4.98 Å². The predicted molar refractivity (Wildman–Crippen MR) is 105 cm³/mol. The summed E-state index contributed by atoms with van der Waals surface area (Å²) in [7, 11) is 0. The van der Waals surface area contributed by atoms with Crippen LogP contribution in [0.2, 0.25) is 0 Å². The number of piperidine rings is 1. The zero-order chi connectivity index (χ0) is 19.3. The molecular formula is C22H27N3O3. The molecule has 0 bridgehead atoms. The van der Waals surface area contributed by atoms with Crippen molar-refractivity contribution in [3.05, 3.63) is 47.9 Å². The fourth-order valence-electron chi connectivity index (χ4n) is 4.02. The Morgan fingerprint density at radius 3 is 2.64 bits per heavy atom. The Morgan fingerprint density at radius 2 is 1.86 bits per heavy atom. The molecule has 2 saturated heterocycles. The van der Waals surface area contributed by atoms with E-state index in [2.05, 4.69) is 9.97 Å². The number of aryl methyl sites for hydroxylation is 1. The Balaban J connectivity index is 1.49. The summed E-state index contributed by atoms with van der Waals surface area (Å²) in [6.07, 6.45) is 6.97. The molecule has 2 aromatic rings. The number of hydrogen-bond acceptors (Lipinski definition) is 5. The third kappa shape index (κ3) is 4.33. The highest BCUT2D eigenvalue weighted by Gasteiger charge is 2.32. The van der Waals surface area contributed by atoms with Crippen molar-refractivity contribution in [1.29, 1.82) is 0 Å². The van der Waals surface area contributed by atoms with E-state index in [0.717, 1.165) is 43.7 Å². The van der Waals surface area contributed by atoms with Crippen molar-refractivity contribution < 1.29 is 14.3 Å². The molecule has 0 unspecified atom stereocenters. The zero-order valence-corrected chi connectivity index (χ0v) is 16.3. The summed E-state index contributed by atoms with van der Waals surface area (Å²) in [4.78, 5) is 24.0. The Kier molecular flexibility index (Phi) is 5.86. The number of hydrogen-bond donors (Lipinski definition) is 0. The van der Waals surface area contributed by atoms with Crippen LogP contribution < -0.4 is 4.74 Å². The highest BCUT2D eigenvalue weighted by atomic mass is 16.5. The number of rotatable bonds is 4. The van der Waals surface area contributed by atoms with Gasteiger partial charge in [0, 0.05) is 50.5 Å². The lowest BCUT2D eigenvalue weighted by molar-refractivity contribution is -0.139. The van der Waals surface area contributed by atoms with E-state index in [-0.39, 0.29) is 17.7 Å². The Morgan fingerprint density at radius 1 is 1.11 bits per heavy atom. The molecule has 6 nitrogen and oxygen atoms in total. The van der Waals surface area contributed by atoms with E-state index in [9.17, 15) is 4.79 Å². The second-order valence-corrected chi connectivity index (χ2v) is 7.67. The van der Waals surface area contributed by atoms with Gasteiger partial charge in [-0.2, -0.15) is 0 Å². The predicted octanol–water partition coefficient (Wildman–Crippen LogP) is 3.71. The lowest BCUT2D eigenvalue weighted by Crippen LogP contribution is -2.43. The van der Waals surface area contributed by atoms with Gasteiger partial charge in [-0.15, -0.1) is 0 Å². The van der Waals surface area contributed by atoms with Gasteiger partial charge in [0.1, 0.15) is 11.4 Å². The van der Waals surface area contributed by atoms with Crippen molar-refractivity contribution in [2.45, 2.75) is 38.5 Å². The summed E-state index contributed by atoms with van der Waals surface area (Å²) in [6.45, 7) is 4.92. The standard InChI is InChI=1S/C22H27N3O3/c1-16-4-6-19(7-5-16)28-21-20(23-10-11-24-21)18-3-2-12-25(15-18)22(26)17-8-13-27-14-9-17/h4-7,10-11,17-18H,2-3,8-9,12-15H2,1H3/t18-/m0/s1. The van der Waals surface area contributed by atoms with Crippen molar-refractivity contribution in [2.24, 2.45) is 5.92 Å². The van der Waals surface area contributed by atoms with Gasteiger partial charge >= 0.3 is 0 Å². The lowest BCUT2D eigenvalue weighted by atomic mass is 9.92. The SMILES string of the molecule is Cc1ccc(Oc2nccnc2[C@H]2CCCN(C(=O)C3CCOCC3)C2)cc1. The fourth-order valence-corrected chi connectivity index (χ4v) is 4.02. The van der Waals surface area contributed by atoms with E-state index >= 15 is 0 Å². The van der Waals surface area contributed by atoms with Crippen LogP contribution in [0.3, 0.4) is 0 Å². The van der Waals surface area contributed by atoms with Crippen LogP contribution in [0.25, 0.3) is 0 Å². The number of carbonyl (C=O) groups excluding carboxylic acids is 1. The molecular weight excluding hydrogens is 354 g/mol. The van der Waals surface area contributed by atoms with Crippen LogP contribution in [0.5, 0.6) is 11.6 Å². The molecule has 1 atom stereocenters. The quantitative estimate of drug-likeness (QED) is 0.808. The highest BCUT2D eigenvalue weighted by Crippen LogP contribution is 2.33. The van der Waals surface area contributed by atoms with Crippen molar-refractivity contribution in [3.63, 3.8) is 0 Å². The molecule has 0 N–H and O–H groups in total. The average molecular weight is 381 g/mol. The van der Waals surface area contributed by atoms with Gasteiger partial charge in [0.05, 0.1) is 0 Å². The molecule has 2 fully saturated rings. The third-order valence-corrected chi connectivity index (χ3v) is 5.62. The first-order valence-electron chi connectivity index (χ1n) is 10.1. The van der Waals surface area contributed by atoms with Gasteiger partial charge in [-0.3, -0.25) is 9.78 Å². The average Bonchev–Trinajstić information content (AvgIpc) is 2.76. The first-order valence-corrected chi connectivity index (χ1v) is 10.1. The topological polar surface area (TPSA) is 64.6 Å². The Bertz CT molecular complexity index is 803. The molecule has 1 aromatic carbocycles. The maximum absolute atomic E-state index is 12.9. The maximum atomic E-state index is 12.9. The summed E-state index contributed by atoms with van der Waals surface area (Å²) in [5, 5.41) is 0. The lowest BCUT2D eigenvalue weighted by Gasteiger charge is -2.35. The number of ether oxygens (including phenoxy) is 2. The van der Waals surface area contributed by atoms with Crippen LogP contribution in [0, 0.1) is 12.8 Å². The van der Waals surface area contributed by atoms with Crippen molar-refractivity contribution in [1.82, 2.24) is 14.9 Å². The van der Waals surface area contributed by atoms with Gasteiger partial charge in [0.15, 0.2) is 0 Å². The van der Waals surface area contributed by atoms with E-state index in [0.29, 0.717) is 25.6 Å². The molecule has 0 radical (unpaired) electrons. The van der Waals surface area contributed by atoms with E-state index in [1.807, 2.05) is 36.1 Å². The Labute approximate surface area is 165 Å². The molecule has 148 valence electrons. The van der Waals surface area contributed by atoms with Gasteiger partial charge in [0.2, 0.25) is 11.8 Å². The van der Waals surface area contributed by atoms with Gasteiger partial charge in [-0.05, 0) is 44.7 Å². The van der Waals surface area contributed by atoms with E-state index in [1.165, 1.54) is 5.56 Å². The van der Waals surface area contributed by atoms with E-state index in [1.54, 1.807) is 12.4 Å². The van der Waals surface area contributed by atoms with Crippen molar-refractivity contribution in [3.8, 4) is 11.6 Å². The molecule has 2 aliphatic rings. The molecule has 2 aliphatic heterocycles. The minimum absolute atomic E-state index is 0.0950. The summed E-state index contributed by atoms with van der Waals surface area (Å²) in [6, 6.07) is 7.91. The highest BCUT2D eigenvalue weighted by molar-refractivity contribution is 5.79. The summed E-state index contributed by atoms with van der Waals surface area (Å²) >= 11 is 0. The first kappa shape index (κ1) is 18.9. The first-order chi connectivity index (χ1) is 13.7. The molecule has 1 aromatic heterocycles. The van der Waals surface area contributed by atoms with Gasteiger partial charge < -0.3 is 14.4 Å². The number of likely N-dealkylation sites (tertiary alicyclic amines) is 1. The Hall–Kier alpha value is -2.47. The van der Waals surface area contributed by atoms with E-state index in [4.69, 9.17) is 9.47 Å². The minimum Gasteiger partial charge on any atom is -0.437 e. The molecule has 6 heteroatoms. The largest absolute Gasteiger partial charge is 0.437 e. The van der Waals surface area contributed by atoms with Crippen LogP contribution in [-0.4, -0.2) is 47.1 Å². The second kappa shape index (κ2) is 8.69. The third-order valence-electron chi connectivity index (χ3n) is 5.62. The van der Waals surface area contributed by atoms with Gasteiger partial charge in [0.25, 0.3) is 0 Å². The number of aromatic nitrogens is 2. The van der Waals surface area contributed by atoms with Crippen LogP contribution in [0.1, 0.15) is 42.9 Å². The number of amides is 1. The summed E-state index contributed by atoms with van der Waals surface area (Å²) in [5.41, 5.74) is 2.02. The molecule has 28 heavy (non-hydrogen) atoms. The van der Waals surface area contributed by atoms with Crippen LogP contribution in [-0.2, 0) is 9.53 Å². The van der Waals surface area contributed by atoms with Crippen LogP contribution in [0.4, 0.5) is 0 Å². The summed E-state index contributed by atoms with van der Waals surface area (Å²) in [5.74, 6) is 1.79. The normalized spacial score (nSPS) is 20.8. The smallest absolute Gasteiger partial charge is 0.241 e. The molecule has 0 spiro atoms. The number of benzene rings is 1. The minimum atomic E-state index is 0.0950. The van der Waals surface area contributed by atoms with Crippen LogP contribution >= 0.6 is 0 Å². The molecule has 4 rings (SSSR count). The molecule has 1 amide bonds. The molecule has 0 saturated carbocycles. The van der Waals surface area contributed by atoms with Crippen molar-refractivity contribution >= 4 is 5.91 Å². The second-order valence-electron chi connectivity index (χ2n) is 7.67. The molecule has 0 aliphatic carbocycles. The fraction of sp³-hybridized carbons (Fsp3) is 0.500. The maximum Gasteiger partial charge on any atom is 0.241 e. The summed E-state index contributed by atoms with van der Waals surface area (Å²) < 4.78 is 11.4. The number of nitrogens with zero attached hydrogens (tertiary/aromatic N) is 3. The zero-order valence-electron chi connectivity index (χ0n) is 16.3. The van der Waals surface area contributed by atoms with Crippen molar-refractivity contribution in [2.75, 3.05) is 26.3 Å². The molecule has 3 heterocycles.